The fraction of sp³-hybridized carbons (Fsp3) is 0.600. The molecule has 0 aromatic heterocycles. The summed E-state index contributed by atoms with van der Waals surface area (Å²) >= 11 is 0. The van der Waals surface area contributed by atoms with Gasteiger partial charge in [-0.3, -0.25) is 9.59 Å². The quantitative estimate of drug-likeness (QED) is 0.821. The second kappa shape index (κ2) is 9.56. The highest BCUT2D eigenvalue weighted by molar-refractivity contribution is 5.87. The number of likely N-dealkylation sites (N-methyl/N-ethyl adjacent to an activating group) is 1. The minimum atomic E-state index is -0.410. The van der Waals surface area contributed by atoms with Crippen LogP contribution in [0.5, 0.6) is 0 Å². The number of hydrogen-bond acceptors (Lipinski definition) is 3. The molecule has 25 heavy (non-hydrogen) atoms. The third kappa shape index (κ3) is 6.50. The second-order valence-corrected chi connectivity index (χ2v) is 7.36. The van der Waals surface area contributed by atoms with Crippen LogP contribution in [0.15, 0.2) is 30.3 Å². The SMILES string of the molecule is CC(C)C[C@H](NC(=O)CCc1ccccc1)C(=O)N1CCN(C)CC1. The molecule has 1 atom stereocenters. The Morgan fingerprint density at radius 1 is 1.08 bits per heavy atom. The highest BCUT2D eigenvalue weighted by Gasteiger charge is 2.28. The molecule has 0 radical (unpaired) electrons. The standard InChI is InChI=1S/C20H31N3O2/c1-16(2)15-18(20(25)23-13-11-22(3)12-14-23)21-19(24)10-9-17-7-5-4-6-8-17/h4-8,16,18H,9-15H2,1-3H3,(H,21,24)/t18-/m0/s1. The predicted molar refractivity (Wildman–Crippen MR) is 100 cm³/mol. The Morgan fingerprint density at radius 2 is 1.72 bits per heavy atom. The number of nitrogens with zero attached hydrogens (tertiary/aromatic N) is 2. The van der Waals surface area contributed by atoms with Crippen LogP contribution in [0.4, 0.5) is 0 Å². The molecule has 1 aromatic carbocycles. The van der Waals surface area contributed by atoms with Gasteiger partial charge >= 0.3 is 0 Å². The molecule has 2 rings (SSSR count). The lowest BCUT2D eigenvalue weighted by Crippen LogP contribution is -2.54. The van der Waals surface area contributed by atoms with Crippen molar-refractivity contribution in [3.05, 3.63) is 35.9 Å². The lowest BCUT2D eigenvalue weighted by Gasteiger charge is -2.35. The van der Waals surface area contributed by atoms with E-state index in [1.807, 2.05) is 35.2 Å². The summed E-state index contributed by atoms with van der Waals surface area (Å²) in [6, 6.07) is 9.56. The number of amides is 2. The molecule has 1 aliphatic rings. The third-order valence-corrected chi connectivity index (χ3v) is 4.64. The first kappa shape index (κ1) is 19.4. The Bertz CT molecular complexity index is 551. The zero-order valence-corrected chi connectivity index (χ0v) is 15.7. The summed E-state index contributed by atoms with van der Waals surface area (Å²) in [6.45, 7) is 7.43. The van der Waals surface area contributed by atoms with Crippen molar-refractivity contribution in [3.8, 4) is 0 Å². The number of rotatable bonds is 7. The Hall–Kier alpha value is -1.88. The molecule has 1 aliphatic heterocycles. The van der Waals surface area contributed by atoms with Gasteiger partial charge in [0.05, 0.1) is 0 Å². The minimum absolute atomic E-state index is 0.0445. The third-order valence-electron chi connectivity index (χ3n) is 4.64. The first-order chi connectivity index (χ1) is 12.0. The van der Waals surface area contributed by atoms with Gasteiger partial charge in [-0.15, -0.1) is 0 Å². The van der Waals surface area contributed by atoms with Gasteiger partial charge in [-0.05, 0) is 31.4 Å². The summed E-state index contributed by atoms with van der Waals surface area (Å²) < 4.78 is 0. The maximum Gasteiger partial charge on any atom is 0.245 e. The molecule has 1 fully saturated rings. The summed E-state index contributed by atoms with van der Waals surface area (Å²) in [5.41, 5.74) is 1.14. The zero-order chi connectivity index (χ0) is 18.2. The van der Waals surface area contributed by atoms with Crippen molar-refractivity contribution in [2.24, 2.45) is 5.92 Å². The van der Waals surface area contributed by atoms with Crippen molar-refractivity contribution in [1.82, 2.24) is 15.1 Å². The molecule has 0 aliphatic carbocycles. The molecule has 5 nitrogen and oxygen atoms in total. The van der Waals surface area contributed by atoms with Crippen LogP contribution < -0.4 is 5.32 Å². The zero-order valence-electron chi connectivity index (χ0n) is 15.7. The fourth-order valence-electron chi connectivity index (χ4n) is 3.11. The van der Waals surface area contributed by atoms with Crippen LogP contribution in [-0.2, 0) is 16.0 Å². The van der Waals surface area contributed by atoms with Crippen molar-refractivity contribution >= 4 is 11.8 Å². The average molecular weight is 345 g/mol. The number of piperazine rings is 1. The summed E-state index contributed by atoms with van der Waals surface area (Å²) in [5, 5.41) is 2.98. The fourth-order valence-corrected chi connectivity index (χ4v) is 3.11. The molecule has 0 bridgehead atoms. The Balaban J connectivity index is 1.89. The van der Waals surface area contributed by atoms with Crippen molar-refractivity contribution in [3.63, 3.8) is 0 Å². The maximum absolute atomic E-state index is 12.8. The van der Waals surface area contributed by atoms with E-state index in [4.69, 9.17) is 0 Å². The molecule has 0 unspecified atom stereocenters. The minimum Gasteiger partial charge on any atom is -0.344 e. The molecular weight excluding hydrogens is 314 g/mol. The summed E-state index contributed by atoms with van der Waals surface area (Å²) in [4.78, 5) is 29.3. The number of carbonyl (C=O) groups excluding carboxylic acids is 2. The summed E-state index contributed by atoms with van der Waals surface area (Å²) in [7, 11) is 2.07. The molecule has 1 N–H and O–H groups in total. The molecule has 0 spiro atoms. The van der Waals surface area contributed by atoms with Crippen molar-refractivity contribution in [2.75, 3.05) is 33.2 Å². The van der Waals surface area contributed by atoms with Crippen molar-refractivity contribution in [2.45, 2.75) is 39.2 Å². The first-order valence-corrected chi connectivity index (χ1v) is 9.26. The number of nitrogens with one attached hydrogen (secondary N) is 1. The normalized spacial score (nSPS) is 16.7. The van der Waals surface area contributed by atoms with Crippen LogP contribution in [0.25, 0.3) is 0 Å². The van der Waals surface area contributed by atoms with Crippen LogP contribution in [0.1, 0.15) is 32.3 Å². The van der Waals surface area contributed by atoms with E-state index in [0.717, 1.165) is 31.7 Å². The first-order valence-electron chi connectivity index (χ1n) is 9.26. The van der Waals surface area contributed by atoms with Gasteiger partial charge < -0.3 is 15.1 Å². The lowest BCUT2D eigenvalue weighted by atomic mass is 10.0. The molecule has 1 saturated heterocycles. The Kier molecular flexibility index (Phi) is 7.44. The summed E-state index contributed by atoms with van der Waals surface area (Å²) in [6.07, 6.45) is 1.79. The van der Waals surface area contributed by atoms with Crippen LogP contribution in [0.3, 0.4) is 0 Å². The van der Waals surface area contributed by atoms with E-state index >= 15 is 0 Å². The van der Waals surface area contributed by atoms with E-state index in [1.54, 1.807) is 0 Å². The van der Waals surface area contributed by atoms with Crippen LogP contribution in [0.2, 0.25) is 0 Å². The molecule has 0 saturated carbocycles. The van der Waals surface area contributed by atoms with Gasteiger partial charge in [0.25, 0.3) is 0 Å². The average Bonchev–Trinajstić information content (AvgIpc) is 2.60. The smallest absolute Gasteiger partial charge is 0.245 e. The van der Waals surface area contributed by atoms with Gasteiger partial charge in [0, 0.05) is 32.6 Å². The van der Waals surface area contributed by atoms with Crippen molar-refractivity contribution < 1.29 is 9.59 Å². The number of hydrogen-bond donors (Lipinski definition) is 1. The number of carbonyl (C=O) groups is 2. The van der Waals surface area contributed by atoms with E-state index < -0.39 is 6.04 Å². The molecule has 1 aromatic rings. The second-order valence-electron chi connectivity index (χ2n) is 7.36. The van der Waals surface area contributed by atoms with E-state index in [2.05, 4.69) is 31.1 Å². The maximum atomic E-state index is 12.8. The monoisotopic (exact) mass is 345 g/mol. The van der Waals surface area contributed by atoms with Crippen molar-refractivity contribution in [1.29, 1.82) is 0 Å². The molecule has 138 valence electrons. The highest BCUT2D eigenvalue weighted by atomic mass is 16.2. The predicted octanol–water partition coefficient (Wildman–Crippen LogP) is 1.92. The number of benzene rings is 1. The van der Waals surface area contributed by atoms with Gasteiger partial charge in [-0.25, -0.2) is 0 Å². The van der Waals surface area contributed by atoms with E-state index in [0.29, 0.717) is 25.2 Å². The number of aryl methyl sites for hydroxylation is 1. The summed E-state index contributed by atoms with van der Waals surface area (Å²) in [5.74, 6) is 0.377. The van der Waals surface area contributed by atoms with Gasteiger partial charge in [-0.1, -0.05) is 44.2 Å². The largest absolute Gasteiger partial charge is 0.344 e. The van der Waals surface area contributed by atoms with E-state index in [1.165, 1.54) is 0 Å². The topological polar surface area (TPSA) is 52.7 Å². The molecule has 5 heteroatoms. The van der Waals surface area contributed by atoms with Crippen LogP contribution in [-0.4, -0.2) is 60.9 Å². The highest BCUT2D eigenvalue weighted by Crippen LogP contribution is 2.11. The lowest BCUT2D eigenvalue weighted by molar-refractivity contribution is -0.138. The van der Waals surface area contributed by atoms with Crippen LogP contribution in [0, 0.1) is 5.92 Å². The van der Waals surface area contributed by atoms with E-state index in [-0.39, 0.29) is 11.8 Å². The van der Waals surface area contributed by atoms with Gasteiger partial charge in [0.15, 0.2) is 0 Å². The van der Waals surface area contributed by atoms with E-state index in [9.17, 15) is 9.59 Å². The van der Waals surface area contributed by atoms with Gasteiger partial charge in [0.1, 0.15) is 6.04 Å². The molecule has 1 heterocycles. The molecule has 2 amide bonds. The van der Waals surface area contributed by atoms with Gasteiger partial charge in [-0.2, -0.15) is 0 Å². The Labute approximate surface area is 151 Å². The molecular formula is C20H31N3O2. The van der Waals surface area contributed by atoms with Gasteiger partial charge in [0.2, 0.25) is 11.8 Å². The Morgan fingerprint density at radius 3 is 2.32 bits per heavy atom. The van der Waals surface area contributed by atoms with Crippen LogP contribution >= 0.6 is 0 Å².